The summed E-state index contributed by atoms with van der Waals surface area (Å²) >= 11 is 0. The number of benzene rings is 2. The lowest BCUT2D eigenvalue weighted by Gasteiger charge is -2.43. The standard InChI is InChI=1S/C47H62N6O10S/c1-27(2)62-32-16-14-30(15-17-32)38-41(49-35-19-18-33(61-9)23-36(35)48-38)63-34-24-37-40(54)50-47(43(56)51-64(59,60)46(8)20-21-46)25-31(47)13-11-10-12-28(3)22-29(4)39(42(55)52(37)26-34)53(44(57)58)45(5,6)7/h11,13-19,23,27-29,31,34,37,39H,10,12,20-22,24-26H2,1-9H3,(H,50,54)(H,51,56)(H,57,58)/b13-11-/t28-,29-,31-,34-,37+,39+,47-/m1/s1. The molecule has 1 saturated heterocycles. The SMILES string of the molecule is COc1ccc2nc(O[C@@H]3C[C@H]4C(=O)N[C@]5(C(=O)NS(=O)(=O)C6(C)CC6)C[C@H]5/C=C\CC[C@@H](C)C[C@@H](C)[C@H](N(C(=O)O)C(C)(C)C)C(=O)N4C3)c(-c3ccc(OC(C)C)cc3)nc2c1. The van der Waals surface area contributed by atoms with Crippen LogP contribution in [0.2, 0.25) is 0 Å². The van der Waals surface area contributed by atoms with E-state index in [-0.39, 0.29) is 37.3 Å². The van der Waals surface area contributed by atoms with Crippen LogP contribution in [0.1, 0.15) is 100 Å². The van der Waals surface area contributed by atoms with E-state index in [1.807, 2.05) is 57.2 Å². The molecule has 3 N–H and O–H groups in total. The number of carboxylic acid groups (broad SMARTS) is 1. The van der Waals surface area contributed by atoms with E-state index >= 15 is 4.79 Å². The zero-order valence-corrected chi connectivity index (χ0v) is 39.0. The first-order valence-electron chi connectivity index (χ1n) is 22.2. The van der Waals surface area contributed by atoms with Crippen molar-refractivity contribution in [2.45, 2.75) is 140 Å². The highest BCUT2D eigenvalue weighted by molar-refractivity contribution is 7.91. The van der Waals surface area contributed by atoms with E-state index in [0.29, 0.717) is 65.9 Å². The molecule has 17 heteroatoms. The Morgan fingerprint density at radius 3 is 2.33 bits per heavy atom. The van der Waals surface area contributed by atoms with Gasteiger partial charge in [-0.05, 0) is 128 Å². The molecule has 3 heterocycles. The third-order valence-electron chi connectivity index (χ3n) is 13.0. The van der Waals surface area contributed by atoms with Crippen LogP contribution >= 0.6 is 0 Å². The van der Waals surface area contributed by atoms with Crippen LogP contribution in [-0.4, -0.2) is 111 Å². The summed E-state index contributed by atoms with van der Waals surface area (Å²) < 4.78 is 46.0. The lowest BCUT2D eigenvalue weighted by molar-refractivity contribution is -0.146. The van der Waals surface area contributed by atoms with Gasteiger partial charge in [-0.3, -0.25) is 24.0 Å². The summed E-state index contributed by atoms with van der Waals surface area (Å²) in [6, 6.07) is 10.1. The number of allylic oxidation sites excluding steroid dienone is 1. The zero-order chi connectivity index (χ0) is 46.5. The first-order valence-corrected chi connectivity index (χ1v) is 23.7. The number of carbonyl (C=O) groups is 4. The Labute approximate surface area is 375 Å². The van der Waals surface area contributed by atoms with E-state index < -0.39 is 79.7 Å². The van der Waals surface area contributed by atoms with Gasteiger partial charge in [-0.1, -0.05) is 26.0 Å². The molecule has 7 atom stereocenters. The minimum absolute atomic E-state index is 0.0460. The summed E-state index contributed by atoms with van der Waals surface area (Å²) in [5, 5.41) is 13.7. The molecule has 2 aliphatic carbocycles. The predicted octanol–water partition coefficient (Wildman–Crippen LogP) is 6.47. The van der Waals surface area contributed by atoms with E-state index in [1.54, 1.807) is 53.0 Å². The minimum atomic E-state index is -4.05. The number of hydrogen-bond acceptors (Lipinski definition) is 11. The molecule has 4 aliphatic rings. The number of hydrogen-bond donors (Lipinski definition) is 3. The van der Waals surface area contributed by atoms with Gasteiger partial charge < -0.3 is 29.5 Å². The number of fused-ring (bicyclic) bond motifs is 3. The van der Waals surface area contributed by atoms with E-state index in [4.69, 9.17) is 24.2 Å². The number of rotatable bonds is 10. The summed E-state index contributed by atoms with van der Waals surface area (Å²) in [4.78, 5) is 69.9. The Bertz CT molecular complexity index is 2430. The third-order valence-corrected chi connectivity index (χ3v) is 15.2. The summed E-state index contributed by atoms with van der Waals surface area (Å²) in [6.45, 7) is 14.4. The van der Waals surface area contributed by atoms with Crippen molar-refractivity contribution in [1.82, 2.24) is 29.8 Å². The maximum absolute atomic E-state index is 15.3. The smallest absolute Gasteiger partial charge is 0.408 e. The molecule has 0 radical (unpaired) electrons. The Balaban J connectivity index is 1.30. The average Bonchev–Trinajstić information content (AvgIpc) is 4.10. The number of methoxy groups -OCH3 is 1. The van der Waals surface area contributed by atoms with Crippen molar-refractivity contribution in [3.63, 3.8) is 0 Å². The molecule has 0 bridgehead atoms. The van der Waals surface area contributed by atoms with Crippen LogP contribution in [-0.2, 0) is 24.4 Å². The highest BCUT2D eigenvalue weighted by atomic mass is 32.2. The fourth-order valence-corrected chi connectivity index (χ4v) is 10.4. The van der Waals surface area contributed by atoms with Crippen LogP contribution in [0.3, 0.4) is 0 Å². The Hall–Kier alpha value is -5.45. The molecule has 0 spiro atoms. The number of ether oxygens (including phenoxy) is 3. The molecular weight excluding hydrogens is 841 g/mol. The first kappa shape index (κ1) is 46.5. The molecule has 346 valence electrons. The molecule has 7 rings (SSSR count). The van der Waals surface area contributed by atoms with Gasteiger partial charge in [0, 0.05) is 29.5 Å². The van der Waals surface area contributed by atoms with Crippen LogP contribution in [0.25, 0.3) is 22.3 Å². The fourth-order valence-electron chi connectivity index (χ4n) is 9.10. The van der Waals surface area contributed by atoms with Crippen molar-refractivity contribution in [2.75, 3.05) is 13.7 Å². The second-order valence-corrected chi connectivity index (χ2v) is 21.8. The summed E-state index contributed by atoms with van der Waals surface area (Å²) in [6.07, 6.45) is 4.39. The van der Waals surface area contributed by atoms with Crippen molar-refractivity contribution >= 4 is 44.9 Å². The Morgan fingerprint density at radius 1 is 1.02 bits per heavy atom. The molecular formula is C47H62N6O10S. The van der Waals surface area contributed by atoms with Crippen molar-refractivity contribution in [2.24, 2.45) is 17.8 Å². The van der Waals surface area contributed by atoms with Gasteiger partial charge in [0.15, 0.2) is 0 Å². The molecule has 16 nitrogen and oxygen atoms in total. The monoisotopic (exact) mass is 902 g/mol. The average molecular weight is 903 g/mol. The molecule has 2 aliphatic heterocycles. The molecule has 4 amide bonds. The third kappa shape index (κ3) is 9.50. The number of carbonyl (C=O) groups excluding carboxylic acids is 3. The molecule has 64 heavy (non-hydrogen) atoms. The largest absolute Gasteiger partial charge is 0.497 e. The Kier molecular flexibility index (Phi) is 12.7. The van der Waals surface area contributed by atoms with Gasteiger partial charge >= 0.3 is 6.09 Å². The van der Waals surface area contributed by atoms with Crippen LogP contribution in [0, 0.1) is 17.8 Å². The van der Waals surface area contributed by atoms with Crippen molar-refractivity contribution in [3.05, 3.63) is 54.6 Å². The Morgan fingerprint density at radius 2 is 1.70 bits per heavy atom. The predicted molar refractivity (Wildman–Crippen MR) is 240 cm³/mol. The first-order chi connectivity index (χ1) is 30.1. The van der Waals surface area contributed by atoms with E-state index in [9.17, 15) is 27.9 Å². The highest BCUT2D eigenvalue weighted by Gasteiger charge is 2.63. The molecule has 3 aromatic rings. The van der Waals surface area contributed by atoms with Crippen LogP contribution in [0.15, 0.2) is 54.6 Å². The van der Waals surface area contributed by atoms with E-state index in [1.165, 1.54) is 9.80 Å². The van der Waals surface area contributed by atoms with Crippen molar-refractivity contribution in [1.29, 1.82) is 0 Å². The van der Waals surface area contributed by atoms with Gasteiger partial charge in [0.05, 0.1) is 35.5 Å². The summed E-state index contributed by atoms with van der Waals surface area (Å²) in [5.41, 5.74) is -0.525. The van der Waals surface area contributed by atoms with Gasteiger partial charge in [0.25, 0.3) is 5.91 Å². The lowest BCUT2D eigenvalue weighted by atomic mass is 9.85. The van der Waals surface area contributed by atoms with Crippen molar-refractivity contribution in [3.8, 4) is 28.6 Å². The van der Waals surface area contributed by atoms with Crippen LogP contribution in [0.5, 0.6) is 17.4 Å². The molecule has 1 aromatic heterocycles. The topological polar surface area (TPSA) is 207 Å². The van der Waals surface area contributed by atoms with Crippen molar-refractivity contribution < 1.29 is 46.9 Å². The molecule has 0 unspecified atom stereocenters. The fraction of sp³-hybridized carbons (Fsp3) is 0.574. The number of amides is 4. The summed E-state index contributed by atoms with van der Waals surface area (Å²) in [5.74, 6) is -1.62. The highest BCUT2D eigenvalue weighted by Crippen LogP contribution is 2.48. The summed E-state index contributed by atoms with van der Waals surface area (Å²) in [7, 11) is -2.50. The number of sulfonamides is 1. The zero-order valence-electron chi connectivity index (χ0n) is 38.2. The van der Waals surface area contributed by atoms with Crippen LogP contribution in [0.4, 0.5) is 4.79 Å². The van der Waals surface area contributed by atoms with Gasteiger partial charge in [-0.15, -0.1) is 0 Å². The quantitative estimate of drug-likeness (QED) is 0.187. The molecule has 2 aromatic carbocycles. The van der Waals surface area contributed by atoms with Gasteiger partial charge in [-0.2, -0.15) is 0 Å². The molecule has 2 saturated carbocycles. The second kappa shape index (κ2) is 17.5. The lowest BCUT2D eigenvalue weighted by Crippen LogP contribution is -2.62. The molecule has 3 fully saturated rings. The number of nitrogens with one attached hydrogen (secondary N) is 2. The normalized spacial score (nSPS) is 27.6. The maximum atomic E-state index is 15.3. The van der Waals surface area contributed by atoms with Crippen LogP contribution < -0.4 is 24.2 Å². The number of nitrogens with zero attached hydrogens (tertiary/aromatic N) is 4. The maximum Gasteiger partial charge on any atom is 0.408 e. The van der Waals surface area contributed by atoms with Gasteiger partial charge in [0.1, 0.15) is 40.9 Å². The van der Waals surface area contributed by atoms with Gasteiger partial charge in [-0.25, -0.2) is 23.2 Å². The van der Waals surface area contributed by atoms with Gasteiger partial charge in [0.2, 0.25) is 27.7 Å². The number of aromatic nitrogens is 2. The van der Waals surface area contributed by atoms with E-state index in [0.717, 1.165) is 0 Å². The second-order valence-electron chi connectivity index (χ2n) is 19.7. The van der Waals surface area contributed by atoms with E-state index in [2.05, 4.69) is 17.0 Å². The minimum Gasteiger partial charge on any atom is -0.497 e.